The molecule has 0 bridgehead atoms. The minimum absolute atomic E-state index is 0.128. The minimum atomic E-state index is 0.128. The molecule has 68 valence electrons. The fourth-order valence-corrected chi connectivity index (χ4v) is 1.94. The third kappa shape index (κ3) is 2.57. The molecule has 1 aromatic rings. The van der Waals surface area contributed by atoms with Gasteiger partial charge in [-0.25, -0.2) is 4.98 Å². The molecule has 0 fully saturated rings. The Labute approximate surface area is 77.8 Å². The Morgan fingerprint density at radius 2 is 2.25 bits per heavy atom. The lowest BCUT2D eigenvalue weighted by atomic mass is 10.1. The minimum Gasteiger partial charge on any atom is -0.322 e. The zero-order valence-electron chi connectivity index (χ0n) is 7.87. The van der Waals surface area contributed by atoms with Crippen molar-refractivity contribution in [1.82, 2.24) is 4.98 Å². The molecule has 2 N–H and O–H groups in total. The number of hydrogen-bond donors (Lipinski definition) is 1. The van der Waals surface area contributed by atoms with Crippen LogP contribution >= 0.6 is 11.3 Å². The summed E-state index contributed by atoms with van der Waals surface area (Å²) in [5.74, 6) is 0.643. The van der Waals surface area contributed by atoms with E-state index >= 15 is 0 Å². The Morgan fingerprint density at radius 1 is 1.58 bits per heavy atom. The third-order valence-electron chi connectivity index (χ3n) is 1.68. The number of nitrogens with two attached hydrogens (primary N) is 1. The molecule has 1 heterocycles. The van der Waals surface area contributed by atoms with Crippen molar-refractivity contribution in [2.75, 3.05) is 0 Å². The quantitative estimate of drug-likeness (QED) is 0.784. The van der Waals surface area contributed by atoms with Gasteiger partial charge in [0.05, 0.1) is 6.04 Å². The molecule has 0 aliphatic heterocycles. The second-order valence-corrected chi connectivity index (χ2v) is 4.81. The molecule has 1 unspecified atom stereocenters. The van der Waals surface area contributed by atoms with E-state index < -0.39 is 0 Å². The number of nitrogens with zero attached hydrogens (tertiary/aromatic N) is 1. The molecule has 0 saturated heterocycles. The summed E-state index contributed by atoms with van der Waals surface area (Å²) < 4.78 is 0. The Kier molecular flexibility index (Phi) is 3.23. The summed E-state index contributed by atoms with van der Waals surface area (Å²) in [6.07, 6.45) is 2.91. The molecule has 1 atom stereocenters. The Balaban J connectivity index is 2.58. The van der Waals surface area contributed by atoms with E-state index in [9.17, 15) is 0 Å². The molecule has 12 heavy (non-hydrogen) atoms. The van der Waals surface area contributed by atoms with Crippen molar-refractivity contribution in [2.45, 2.75) is 33.2 Å². The van der Waals surface area contributed by atoms with Gasteiger partial charge in [-0.3, -0.25) is 0 Å². The second-order valence-electron chi connectivity index (χ2n) is 3.55. The van der Waals surface area contributed by atoms with Gasteiger partial charge in [0.2, 0.25) is 0 Å². The zero-order chi connectivity index (χ0) is 9.14. The summed E-state index contributed by atoms with van der Waals surface area (Å²) >= 11 is 1.70. The first-order chi connectivity index (χ1) is 5.59. The lowest BCUT2D eigenvalue weighted by Gasteiger charge is -2.10. The van der Waals surface area contributed by atoms with Gasteiger partial charge >= 0.3 is 0 Å². The van der Waals surface area contributed by atoms with Crippen LogP contribution < -0.4 is 5.73 Å². The first-order valence-electron chi connectivity index (χ1n) is 4.27. The summed E-state index contributed by atoms with van der Waals surface area (Å²) in [6.45, 7) is 6.42. The molecule has 0 aliphatic rings. The van der Waals surface area contributed by atoms with Gasteiger partial charge in [0, 0.05) is 11.1 Å². The Bertz CT molecular complexity index is 242. The van der Waals surface area contributed by atoms with Crippen LogP contribution in [0.5, 0.6) is 0 Å². The highest BCUT2D eigenvalue weighted by molar-refractivity contribution is 7.11. The number of thiazole rings is 1. The predicted octanol–water partition coefficient (Wildman–Crippen LogP) is 2.50. The fourth-order valence-electron chi connectivity index (χ4n) is 1.15. The van der Waals surface area contributed by atoms with Gasteiger partial charge < -0.3 is 5.73 Å². The van der Waals surface area contributed by atoms with E-state index in [1.54, 1.807) is 11.3 Å². The largest absolute Gasteiger partial charge is 0.322 e. The topological polar surface area (TPSA) is 38.9 Å². The summed E-state index contributed by atoms with van der Waals surface area (Å²) in [4.78, 5) is 5.50. The molecule has 0 aromatic carbocycles. The first kappa shape index (κ1) is 9.68. The maximum atomic E-state index is 5.96. The van der Waals surface area contributed by atoms with Crippen molar-refractivity contribution in [1.29, 1.82) is 0 Å². The molecule has 3 heteroatoms. The normalized spacial score (nSPS) is 13.8. The average Bonchev–Trinajstić information content (AvgIpc) is 2.34. The van der Waals surface area contributed by atoms with Gasteiger partial charge in [-0.1, -0.05) is 13.8 Å². The molecule has 0 amide bonds. The Morgan fingerprint density at radius 3 is 2.67 bits per heavy atom. The maximum absolute atomic E-state index is 5.96. The molecular formula is C9H16N2S. The van der Waals surface area contributed by atoms with Crippen LogP contribution in [0.1, 0.15) is 36.2 Å². The smallest absolute Gasteiger partial charge is 0.110 e. The number of aromatic nitrogens is 1. The average molecular weight is 184 g/mol. The molecule has 0 saturated carbocycles. The number of aryl methyl sites for hydroxylation is 1. The van der Waals surface area contributed by atoms with Crippen molar-refractivity contribution in [3.05, 3.63) is 16.1 Å². The van der Waals surface area contributed by atoms with Crippen LogP contribution in [0.4, 0.5) is 0 Å². The lowest BCUT2D eigenvalue weighted by molar-refractivity contribution is 0.508. The number of rotatable bonds is 3. The van der Waals surface area contributed by atoms with Crippen molar-refractivity contribution < 1.29 is 0 Å². The van der Waals surface area contributed by atoms with Gasteiger partial charge in [0.15, 0.2) is 0 Å². The molecule has 0 radical (unpaired) electrons. The molecular weight excluding hydrogens is 168 g/mol. The van der Waals surface area contributed by atoms with Crippen LogP contribution in [-0.4, -0.2) is 4.98 Å². The van der Waals surface area contributed by atoms with Gasteiger partial charge in [0.1, 0.15) is 5.01 Å². The Hall–Kier alpha value is -0.410. The first-order valence-corrected chi connectivity index (χ1v) is 5.09. The van der Waals surface area contributed by atoms with E-state index in [0.29, 0.717) is 5.92 Å². The van der Waals surface area contributed by atoms with Crippen molar-refractivity contribution in [3.8, 4) is 0 Å². The van der Waals surface area contributed by atoms with E-state index in [1.165, 1.54) is 4.88 Å². The van der Waals surface area contributed by atoms with E-state index in [2.05, 4.69) is 25.8 Å². The van der Waals surface area contributed by atoms with E-state index in [-0.39, 0.29) is 6.04 Å². The van der Waals surface area contributed by atoms with E-state index in [1.807, 2.05) is 6.20 Å². The van der Waals surface area contributed by atoms with Crippen molar-refractivity contribution >= 4 is 11.3 Å². The predicted molar refractivity (Wildman–Crippen MR) is 53.2 cm³/mol. The van der Waals surface area contributed by atoms with E-state index in [4.69, 9.17) is 5.73 Å². The maximum Gasteiger partial charge on any atom is 0.110 e. The summed E-state index contributed by atoms with van der Waals surface area (Å²) in [7, 11) is 0. The lowest BCUT2D eigenvalue weighted by Crippen LogP contribution is -2.12. The van der Waals surface area contributed by atoms with Crippen molar-refractivity contribution in [2.24, 2.45) is 11.7 Å². The highest BCUT2D eigenvalue weighted by Gasteiger charge is 2.10. The van der Waals surface area contributed by atoms with Crippen LogP contribution in [0.2, 0.25) is 0 Å². The van der Waals surface area contributed by atoms with Crippen LogP contribution in [-0.2, 0) is 0 Å². The molecule has 0 spiro atoms. The van der Waals surface area contributed by atoms with Crippen LogP contribution in [0.3, 0.4) is 0 Å². The fraction of sp³-hybridized carbons (Fsp3) is 0.667. The standard InChI is InChI=1S/C9H16N2S/c1-6(2)4-8(10)9-11-5-7(3)12-9/h5-6,8H,4,10H2,1-3H3. The van der Waals surface area contributed by atoms with Crippen LogP contribution in [0.25, 0.3) is 0 Å². The summed E-state index contributed by atoms with van der Waals surface area (Å²) in [5.41, 5.74) is 5.96. The molecule has 1 aromatic heterocycles. The van der Waals surface area contributed by atoms with Gasteiger partial charge in [-0.15, -0.1) is 11.3 Å². The van der Waals surface area contributed by atoms with Gasteiger partial charge in [-0.2, -0.15) is 0 Å². The molecule has 2 nitrogen and oxygen atoms in total. The monoisotopic (exact) mass is 184 g/mol. The number of hydrogen-bond acceptors (Lipinski definition) is 3. The zero-order valence-corrected chi connectivity index (χ0v) is 8.69. The highest BCUT2D eigenvalue weighted by Crippen LogP contribution is 2.22. The van der Waals surface area contributed by atoms with Gasteiger partial charge in [-0.05, 0) is 19.3 Å². The SMILES string of the molecule is Cc1cnc(C(N)CC(C)C)s1. The van der Waals surface area contributed by atoms with Gasteiger partial charge in [0.25, 0.3) is 0 Å². The summed E-state index contributed by atoms with van der Waals surface area (Å²) in [5, 5.41) is 1.07. The highest BCUT2D eigenvalue weighted by atomic mass is 32.1. The third-order valence-corrected chi connectivity index (χ3v) is 2.73. The van der Waals surface area contributed by atoms with Crippen LogP contribution in [0, 0.1) is 12.8 Å². The second kappa shape index (κ2) is 4.01. The molecule has 1 rings (SSSR count). The van der Waals surface area contributed by atoms with Crippen LogP contribution in [0.15, 0.2) is 6.20 Å². The van der Waals surface area contributed by atoms with Crippen molar-refractivity contribution in [3.63, 3.8) is 0 Å². The van der Waals surface area contributed by atoms with E-state index in [0.717, 1.165) is 11.4 Å². The molecule has 0 aliphatic carbocycles. The summed E-state index contributed by atoms with van der Waals surface area (Å²) in [6, 6.07) is 0.128.